The number of ether oxygens (including phenoxy) is 2. The van der Waals surface area contributed by atoms with Gasteiger partial charge >= 0.3 is 11.7 Å². The first kappa shape index (κ1) is 16.7. The highest BCUT2D eigenvalue weighted by atomic mass is 79.9. The number of aliphatic hydroxyl groups is 1. The number of carbonyl (C=O) groups excluding carboxylic acids is 1. The van der Waals surface area contributed by atoms with Gasteiger partial charge in [0.1, 0.15) is 18.9 Å². The lowest BCUT2D eigenvalue weighted by Crippen LogP contribution is -2.33. The van der Waals surface area contributed by atoms with Crippen molar-refractivity contribution in [2.24, 2.45) is 0 Å². The molecule has 1 aromatic heterocycles. The number of carbonyl (C=O) groups is 1. The van der Waals surface area contributed by atoms with Gasteiger partial charge in [-0.2, -0.15) is 0 Å². The van der Waals surface area contributed by atoms with Crippen LogP contribution >= 0.6 is 15.9 Å². The fourth-order valence-corrected chi connectivity index (χ4v) is 2.42. The molecule has 2 heterocycles. The first-order valence-electron chi connectivity index (χ1n) is 6.51. The quantitative estimate of drug-likeness (QED) is 0.723. The summed E-state index contributed by atoms with van der Waals surface area (Å²) in [4.78, 5) is 38.0. The third-order valence-corrected chi connectivity index (χ3v) is 3.47. The molecule has 9 heteroatoms. The van der Waals surface area contributed by atoms with Crippen LogP contribution in [0.3, 0.4) is 0 Å². The molecule has 1 aromatic rings. The van der Waals surface area contributed by atoms with Crippen molar-refractivity contribution in [2.45, 2.75) is 31.8 Å². The summed E-state index contributed by atoms with van der Waals surface area (Å²) in [5.41, 5.74) is -0.896. The molecule has 1 fully saturated rings. The first-order chi connectivity index (χ1) is 10.4. The van der Waals surface area contributed by atoms with Crippen molar-refractivity contribution in [2.75, 3.05) is 6.61 Å². The third-order valence-electron chi connectivity index (χ3n) is 3.20. The molecule has 8 nitrogen and oxygen atoms in total. The summed E-state index contributed by atoms with van der Waals surface area (Å²) in [5, 5.41) is 9.93. The summed E-state index contributed by atoms with van der Waals surface area (Å²) in [5.74, 6) is -0.481. The molecule has 0 bridgehead atoms. The highest BCUT2D eigenvalue weighted by Crippen LogP contribution is 2.27. The van der Waals surface area contributed by atoms with Crippen LogP contribution in [0, 0.1) is 0 Å². The highest BCUT2D eigenvalue weighted by Gasteiger charge is 2.36. The number of nitrogens with one attached hydrogen (secondary N) is 1. The van der Waals surface area contributed by atoms with Crippen molar-refractivity contribution < 1.29 is 19.4 Å². The number of aromatic nitrogens is 2. The monoisotopic (exact) mass is 374 g/mol. The van der Waals surface area contributed by atoms with Gasteiger partial charge in [0.15, 0.2) is 0 Å². The van der Waals surface area contributed by atoms with Gasteiger partial charge in [-0.05, 0) is 11.1 Å². The Morgan fingerprint density at radius 1 is 1.64 bits per heavy atom. The second kappa shape index (κ2) is 7.03. The Morgan fingerprint density at radius 3 is 3.00 bits per heavy atom. The normalized spacial score (nSPS) is 24.8. The molecule has 0 spiro atoms. The van der Waals surface area contributed by atoms with Crippen molar-refractivity contribution in [1.82, 2.24) is 9.55 Å². The van der Waals surface area contributed by atoms with Gasteiger partial charge in [-0.1, -0.05) is 15.9 Å². The molecule has 0 amide bonds. The fraction of sp³-hybridized carbons (Fsp3) is 0.462. The summed E-state index contributed by atoms with van der Waals surface area (Å²) in [6.07, 6.45) is 0.639. The Kier molecular flexibility index (Phi) is 5.33. The van der Waals surface area contributed by atoms with E-state index in [9.17, 15) is 19.5 Å². The Morgan fingerprint density at radius 2 is 2.36 bits per heavy atom. The Labute approximate surface area is 133 Å². The highest BCUT2D eigenvalue weighted by molar-refractivity contribution is 9.11. The summed E-state index contributed by atoms with van der Waals surface area (Å²) in [6, 6.07) is 0. The second-order valence-electron chi connectivity index (χ2n) is 4.78. The Balaban J connectivity index is 2.22. The topological polar surface area (TPSA) is 111 Å². The number of hydrogen-bond donors (Lipinski definition) is 2. The zero-order valence-corrected chi connectivity index (χ0v) is 13.3. The minimum absolute atomic E-state index is 0.0980. The summed E-state index contributed by atoms with van der Waals surface area (Å²) in [7, 11) is 0. The smallest absolute Gasteiger partial charge is 0.330 e. The van der Waals surface area contributed by atoms with E-state index in [0.717, 1.165) is 0 Å². The van der Waals surface area contributed by atoms with E-state index in [1.54, 1.807) is 0 Å². The van der Waals surface area contributed by atoms with Gasteiger partial charge in [-0.3, -0.25) is 19.1 Å². The molecular formula is C13H15BrN2O6. The summed E-state index contributed by atoms with van der Waals surface area (Å²) >= 11 is 3.06. The van der Waals surface area contributed by atoms with Crippen molar-refractivity contribution in [1.29, 1.82) is 0 Å². The van der Waals surface area contributed by atoms with Gasteiger partial charge < -0.3 is 14.6 Å². The molecule has 2 rings (SSSR count). The number of rotatable bonds is 4. The Bertz CT molecular complexity index is 695. The maximum atomic E-state index is 11.9. The van der Waals surface area contributed by atoms with E-state index in [2.05, 4.69) is 20.9 Å². The number of nitrogens with zero attached hydrogens (tertiary/aromatic N) is 1. The van der Waals surface area contributed by atoms with Gasteiger partial charge in [-0.25, -0.2) is 4.79 Å². The van der Waals surface area contributed by atoms with Crippen molar-refractivity contribution in [3.05, 3.63) is 37.6 Å². The molecule has 0 saturated carbocycles. The molecule has 120 valence electrons. The maximum Gasteiger partial charge on any atom is 0.330 e. The van der Waals surface area contributed by atoms with E-state index in [-0.39, 0.29) is 18.6 Å². The number of esters is 1. The largest absolute Gasteiger partial charge is 0.463 e. The molecule has 1 saturated heterocycles. The molecule has 22 heavy (non-hydrogen) atoms. The van der Waals surface area contributed by atoms with Crippen LogP contribution < -0.4 is 11.2 Å². The van der Waals surface area contributed by atoms with Crippen LogP contribution in [0.15, 0.2) is 20.8 Å². The average Bonchev–Trinajstić information content (AvgIpc) is 2.80. The molecule has 1 aliphatic heterocycles. The van der Waals surface area contributed by atoms with E-state index >= 15 is 0 Å². The van der Waals surface area contributed by atoms with E-state index in [0.29, 0.717) is 0 Å². The number of H-pyrrole nitrogens is 1. The van der Waals surface area contributed by atoms with Crippen LogP contribution in [-0.2, 0) is 14.3 Å². The summed E-state index contributed by atoms with van der Waals surface area (Å²) in [6.45, 7) is 1.16. The van der Waals surface area contributed by atoms with Gasteiger partial charge in [0, 0.05) is 19.5 Å². The van der Waals surface area contributed by atoms with Crippen molar-refractivity contribution >= 4 is 28.0 Å². The average molecular weight is 375 g/mol. The zero-order chi connectivity index (χ0) is 16.3. The molecule has 1 aliphatic rings. The van der Waals surface area contributed by atoms with Crippen LogP contribution in [0.4, 0.5) is 0 Å². The predicted molar refractivity (Wildman–Crippen MR) is 80.5 cm³/mol. The first-order valence-corrected chi connectivity index (χ1v) is 7.43. The molecule has 0 aromatic carbocycles. The molecule has 3 atom stereocenters. The lowest BCUT2D eigenvalue weighted by molar-refractivity contribution is -0.147. The molecular weight excluding hydrogens is 360 g/mol. The third kappa shape index (κ3) is 3.73. The SMILES string of the molecule is CC(=O)OC[C@@H]1O[C@H](n2cc(/C=C/Br)c(=O)[nH]c2=O)CC1O. The number of halogens is 1. The number of aromatic amines is 1. The van der Waals surface area contributed by atoms with E-state index in [1.165, 1.54) is 28.7 Å². The minimum Gasteiger partial charge on any atom is -0.463 e. The standard InChI is InChI=1S/C13H15BrN2O6/c1-7(17)21-6-10-9(18)4-11(22-10)16-5-8(2-3-14)12(19)15-13(16)20/h2-3,5,9-11,18H,4,6H2,1H3,(H,15,19,20)/b3-2+/t9?,10-,11-/m0/s1. The van der Waals surface area contributed by atoms with E-state index in [4.69, 9.17) is 9.47 Å². The Hall–Kier alpha value is -1.71. The summed E-state index contributed by atoms with van der Waals surface area (Å²) < 4.78 is 11.5. The predicted octanol–water partition coefficient (Wildman–Crippen LogP) is 0.114. The van der Waals surface area contributed by atoms with Gasteiger partial charge in [0.2, 0.25) is 0 Å². The van der Waals surface area contributed by atoms with Crippen LogP contribution in [0.25, 0.3) is 6.08 Å². The number of aliphatic hydroxyl groups excluding tert-OH is 1. The van der Waals surface area contributed by atoms with Crippen LogP contribution in [0.2, 0.25) is 0 Å². The van der Waals surface area contributed by atoms with Gasteiger partial charge in [-0.15, -0.1) is 0 Å². The maximum absolute atomic E-state index is 11.9. The number of hydrogen-bond acceptors (Lipinski definition) is 6. The lowest BCUT2D eigenvalue weighted by atomic mass is 10.2. The van der Waals surface area contributed by atoms with E-state index < -0.39 is 35.7 Å². The molecule has 0 aliphatic carbocycles. The van der Waals surface area contributed by atoms with Crippen LogP contribution in [-0.4, -0.2) is 39.4 Å². The van der Waals surface area contributed by atoms with Crippen molar-refractivity contribution in [3.8, 4) is 0 Å². The van der Waals surface area contributed by atoms with Crippen LogP contribution in [0.5, 0.6) is 0 Å². The second-order valence-corrected chi connectivity index (χ2v) is 5.31. The van der Waals surface area contributed by atoms with Gasteiger partial charge in [0.25, 0.3) is 5.56 Å². The van der Waals surface area contributed by atoms with Gasteiger partial charge in [0.05, 0.1) is 11.7 Å². The zero-order valence-electron chi connectivity index (χ0n) is 11.7. The lowest BCUT2D eigenvalue weighted by Gasteiger charge is -2.16. The minimum atomic E-state index is -0.877. The molecule has 0 radical (unpaired) electrons. The van der Waals surface area contributed by atoms with Crippen LogP contribution in [0.1, 0.15) is 25.1 Å². The fourth-order valence-electron chi connectivity index (χ4n) is 2.14. The molecule has 1 unspecified atom stereocenters. The van der Waals surface area contributed by atoms with Crippen molar-refractivity contribution in [3.63, 3.8) is 0 Å². The van der Waals surface area contributed by atoms with E-state index in [1.807, 2.05) is 0 Å². The molecule has 2 N–H and O–H groups in total.